The zero-order chi connectivity index (χ0) is 10.4. The van der Waals surface area contributed by atoms with Crippen LogP contribution in [-0.2, 0) is 6.42 Å². The molecule has 0 amide bonds. The number of nitrogens with zero attached hydrogens (tertiary/aromatic N) is 1. The van der Waals surface area contributed by atoms with Crippen LogP contribution in [0.1, 0.15) is 19.4 Å². The lowest BCUT2D eigenvalue weighted by Gasteiger charge is -2.05. The first-order chi connectivity index (χ1) is 6.76. The van der Waals surface area contributed by atoms with Crippen molar-refractivity contribution in [3.63, 3.8) is 0 Å². The summed E-state index contributed by atoms with van der Waals surface area (Å²) in [6.45, 7) is 4.13. The summed E-state index contributed by atoms with van der Waals surface area (Å²) in [5.41, 5.74) is 1.80. The normalized spacial score (nSPS) is 11.4. The molecule has 0 saturated carbocycles. The Morgan fingerprint density at radius 2 is 2.29 bits per heavy atom. The Balaban J connectivity index is 2.58. The lowest BCUT2D eigenvalue weighted by Crippen LogP contribution is -2.07. The van der Waals surface area contributed by atoms with E-state index < -0.39 is 0 Å². The van der Waals surface area contributed by atoms with E-state index in [2.05, 4.69) is 18.1 Å². The third-order valence-corrected chi connectivity index (χ3v) is 1.93. The van der Waals surface area contributed by atoms with Crippen LogP contribution in [-0.4, -0.2) is 17.5 Å². The van der Waals surface area contributed by atoms with Gasteiger partial charge >= 0.3 is 0 Å². The van der Waals surface area contributed by atoms with Gasteiger partial charge < -0.3 is 9.94 Å². The SMILES string of the molecule is CCc1cccc(OC/C(C)=N/O)c1. The number of rotatable bonds is 4. The Hall–Kier alpha value is -1.51. The number of aryl methyl sites for hydroxylation is 1. The third-order valence-electron chi connectivity index (χ3n) is 1.93. The summed E-state index contributed by atoms with van der Waals surface area (Å²) in [7, 11) is 0. The highest BCUT2D eigenvalue weighted by atomic mass is 16.5. The van der Waals surface area contributed by atoms with Crippen molar-refractivity contribution in [3.8, 4) is 5.75 Å². The van der Waals surface area contributed by atoms with Crippen molar-refractivity contribution in [1.82, 2.24) is 0 Å². The molecule has 0 unspecified atom stereocenters. The van der Waals surface area contributed by atoms with Gasteiger partial charge in [0.25, 0.3) is 0 Å². The first-order valence-electron chi connectivity index (χ1n) is 4.65. The maximum absolute atomic E-state index is 8.42. The molecule has 1 N–H and O–H groups in total. The van der Waals surface area contributed by atoms with E-state index in [1.165, 1.54) is 5.56 Å². The average molecular weight is 193 g/mol. The second kappa shape index (κ2) is 5.27. The molecule has 1 rings (SSSR count). The molecule has 1 aromatic carbocycles. The molecular weight excluding hydrogens is 178 g/mol. The minimum Gasteiger partial charge on any atom is -0.488 e. The molecule has 0 aromatic heterocycles. The molecule has 1 aromatic rings. The lowest BCUT2D eigenvalue weighted by atomic mass is 10.2. The highest BCUT2D eigenvalue weighted by Gasteiger charge is 1.96. The Morgan fingerprint density at radius 3 is 2.93 bits per heavy atom. The fourth-order valence-electron chi connectivity index (χ4n) is 1.07. The predicted molar refractivity (Wildman–Crippen MR) is 56.2 cm³/mol. The van der Waals surface area contributed by atoms with Crippen molar-refractivity contribution in [2.24, 2.45) is 5.16 Å². The predicted octanol–water partition coefficient (Wildman–Crippen LogP) is 2.48. The lowest BCUT2D eigenvalue weighted by molar-refractivity contribution is 0.307. The third kappa shape index (κ3) is 3.09. The van der Waals surface area contributed by atoms with Gasteiger partial charge in [0.15, 0.2) is 0 Å². The molecule has 0 aliphatic rings. The largest absolute Gasteiger partial charge is 0.488 e. The van der Waals surface area contributed by atoms with Gasteiger partial charge in [0.2, 0.25) is 0 Å². The van der Waals surface area contributed by atoms with Crippen LogP contribution < -0.4 is 4.74 Å². The second-order valence-electron chi connectivity index (χ2n) is 3.12. The van der Waals surface area contributed by atoms with Crippen LogP contribution in [0.25, 0.3) is 0 Å². The molecule has 0 aliphatic heterocycles. The van der Waals surface area contributed by atoms with E-state index in [9.17, 15) is 0 Å². The maximum atomic E-state index is 8.42. The van der Waals surface area contributed by atoms with Gasteiger partial charge in [0.05, 0.1) is 5.71 Å². The number of benzene rings is 1. The van der Waals surface area contributed by atoms with Crippen LogP contribution in [0.5, 0.6) is 5.75 Å². The van der Waals surface area contributed by atoms with Gasteiger partial charge in [-0.15, -0.1) is 0 Å². The van der Waals surface area contributed by atoms with Crippen molar-refractivity contribution in [2.45, 2.75) is 20.3 Å². The highest BCUT2D eigenvalue weighted by molar-refractivity contribution is 5.82. The van der Waals surface area contributed by atoms with E-state index in [0.29, 0.717) is 12.3 Å². The van der Waals surface area contributed by atoms with Crippen LogP contribution in [0, 0.1) is 0 Å². The molecule has 0 bridgehead atoms. The van der Waals surface area contributed by atoms with Crippen molar-refractivity contribution in [2.75, 3.05) is 6.61 Å². The molecule has 0 atom stereocenters. The van der Waals surface area contributed by atoms with Gasteiger partial charge in [-0.25, -0.2) is 0 Å². The zero-order valence-electron chi connectivity index (χ0n) is 8.53. The van der Waals surface area contributed by atoms with Crippen LogP contribution >= 0.6 is 0 Å². The first kappa shape index (κ1) is 10.6. The van der Waals surface area contributed by atoms with E-state index in [4.69, 9.17) is 9.94 Å². The molecular formula is C11H15NO2. The van der Waals surface area contributed by atoms with E-state index in [1.54, 1.807) is 6.92 Å². The van der Waals surface area contributed by atoms with Crippen molar-refractivity contribution >= 4 is 5.71 Å². The van der Waals surface area contributed by atoms with Crippen molar-refractivity contribution in [3.05, 3.63) is 29.8 Å². The van der Waals surface area contributed by atoms with Gasteiger partial charge in [0.1, 0.15) is 12.4 Å². The Labute approximate surface area is 84.0 Å². The summed E-state index contributed by atoms with van der Waals surface area (Å²) < 4.78 is 5.41. The molecule has 3 nitrogen and oxygen atoms in total. The van der Waals surface area contributed by atoms with E-state index in [1.807, 2.05) is 18.2 Å². The van der Waals surface area contributed by atoms with Gasteiger partial charge in [-0.3, -0.25) is 0 Å². The number of oxime groups is 1. The minimum absolute atomic E-state index is 0.323. The second-order valence-corrected chi connectivity index (χ2v) is 3.12. The summed E-state index contributed by atoms with van der Waals surface area (Å²) in [5.74, 6) is 0.812. The summed E-state index contributed by atoms with van der Waals surface area (Å²) in [6.07, 6.45) is 0.990. The Bertz CT molecular complexity index is 321. The summed E-state index contributed by atoms with van der Waals surface area (Å²) in [5, 5.41) is 11.5. The highest BCUT2D eigenvalue weighted by Crippen LogP contribution is 2.13. The summed E-state index contributed by atoms with van der Waals surface area (Å²) in [4.78, 5) is 0. The topological polar surface area (TPSA) is 41.8 Å². The van der Waals surface area contributed by atoms with E-state index in [-0.39, 0.29) is 0 Å². The van der Waals surface area contributed by atoms with E-state index in [0.717, 1.165) is 12.2 Å². The first-order valence-corrected chi connectivity index (χ1v) is 4.65. The van der Waals surface area contributed by atoms with Gasteiger partial charge in [0, 0.05) is 0 Å². The molecule has 0 saturated heterocycles. The quantitative estimate of drug-likeness (QED) is 0.453. The summed E-state index contributed by atoms with van der Waals surface area (Å²) >= 11 is 0. The molecule has 3 heteroatoms. The molecule has 0 radical (unpaired) electrons. The fraction of sp³-hybridized carbons (Fsp3) is 0.364. The zero-order valence-corrected chi connectivity index (χ0v) is 8.53. The molecule has 0 fully saturated rings. The maximum Gasteiger partial charge on any atom is 0.129 e. The fourth-order valence-corrected chi connectivity index (χ4v) is 1.07. The van der Waals surface area contributed by atoms with Crippen LogP contribution in [0.15, 0.2) is 29.4 Å². The molecule has 76 valence electrons. The van der Waals surface area contributed by atoms with Crippen molar-refractivity contribution in [1.29, 1.82) is 0 Å². The van der Waals surface area contributed by atoms with E-state index >= 15 is 0 Å². The van der Waals surface area contributed by atoms with Gasteiger partial charge in [-0.2, -0.15) is 0 Å². The molecule has 14 heavy (non-hydrogen) atoms. The van der Waals surface area contributed by atoms with Crippen LogP contribution in [0.2, 0.25) is 0 Å². The van der Waals surface area contributed by atoms with Crippen LogP contribution in [0.3, 0.4) is 0 Å². The standard InChI is InChI=1S/C11H15NO2/c1-3-10-5-4-6-11(7-10)14-8-9(2)12-13/h4-7,13H,3,8H2,1-2H3/b12-9+. The smallest absolute Gasteiger partial charge is 0.129 e. The monoisotopic (exact) mass is 193 g/mol. The molecule has 0 aliphatic carbocycles. The van der Waals surface area contributed by atoms with Crippen molar-refractivity contribution < 1.29 is 9.94 Å². The van der Waals surface area contributed by atoms with Gasteiger partial charge in [-0.1, -0.05) is 24.2 Å². The number of hydrogen-bond donors (Lipinski definition) is 1. The Kier molecular flexibility index (Phi) is 3.98. The van der Waals surface area contributed by atoms with Gasteiger partial charge in [-0.05, 0) is 31.0 Å². The number of hydrogen-bond acceptors (Lipinski definition) is 3. The summed E-state index contributed by atoms with van der Waals surface area (Å²) in [6, 6.07) is 7.90. The Morgan fingerprint density at radius 1 is 1.50 bits per heavy atom. The average Bonchev–Trinajstić information content (AvgIpc) is 2.26. The minimum atomic E-state index is 0.323. The number of ether oxygens (including phenoxy) is 1. The molecule has 0 heterocycles. The van der Waals surface area contributed by atoms with Crippen LogP contribution in [0.4, 0.5) is 0 Å². The molecule has 0 spiro atoms.